The number of carbonyl (C=O) groups is 1. The maximum Gasteiger partial charge on any atom is 0.307 e. The number of carbonyl (C=O) groups excluding carboxylic acids is 1. The molecule has 0 N–H and O–H groups in total. The summed E-state index contributed by atoms with van der Waals surface area (Å²) in [7, 11) is 1.37. The van der Waals surface area contributed by atoms with Crippen molar-refractivity contribution in [2.75, 3.05) is 12.9 Å². The van der Waals surface area contributed by atoms with Gasteiger partial charge in [0.1, 0.15) is 0 Å². The Labute approximate surface area is 99.0 Å². The first-order valence-electron chi connectivity index (χ1n) is 4.61. The molecule has 0 aromatic heterocycles. The molecule has 0 aliphatic carbocycles. The van der Waals surface area contributed by atoms with Gasteiger partial charge in [0.25, 0.3) is 0 Å². The second-order valence-electron chi connectivity index (χ2n) is 3.00. The Bertz CT molecular complexity index is 303. The Kier molecular flexibility index (Phi) is 5.58. The lowest BCUT2D eigenvalue weighted by Gasteiger charge is -2.07. The van der Waals surface area contributed by atoms with Crippen LogP contribution in [0.5, 0.6) is 0 Å². The van der Waals surface area contributed by atoms with Gasteiger partial charge in [0.2, 0.25) is 0 Å². The lowest BCUT2D eigenvalue weighted by atomic mass is 10.3. The highest BCUT2D eigenvalue weighted by Gasteiger charge is 2.11. The normalized spacial score (nSPS) is 12.1. The minimum atomic E-state index is -0.260. The summed E-state index contributed by atoms with van der Waals surface area (Å²) in [5, 5.41) is -0.178. The van der Waals surface area contributed by atoms with Crippen LogP contribution in [-0.2, 0) is 9.53 Å². The molecule has 1 atom stereocenters. The van der Waals surface area contributed by atoms with Crippen molar-refractivity contribution in [3.63, 3.8) is 0 Å². The Morgan fingerprint density at radius 1 is 1.47 bits per heavy atom. The van der Waals surface area contributed by atoms with Gasteiger partial charge in [0, 0.05) is 10.6 Å². The minimum Gasteiger partial charge on any atom is -0.469 e. The number of rotatable bonds is 5. The molecule has 0 amide bonds. The Morgan fingerprint density at radius 3 is 2.73 bits per heavy atom. The van der Waals surface area contributed by atoms with Crippen molar-refractivity contribution in [1.29, 1.82) is 0 Å². The Hall–Kier alpha value is -0.670. The summed E-state index contributed by atoms with van der Waals surface area (Å²) < 4.78 is 4.54. The number of methoxy groups -OCH3 is 1. The molecule has 0 heterocycles. The van der Waals surface area contributed by atoms with Crippen LogP contribution >= 0.6 is 23.4 Å². The van der Waals surface area contributed by atoms with E-state index in [0.717, 1.165) is 4.90 Å². The second-order valence-corrected chi connectivity index (χ2v) is 4.71. The molecule has 0 saturated carbocycles. The summed E-state index contributed by atoms with van der Waals surface area (Å²) in [4.78, 5) is 12.1. The number of benzene rings is 1. The molecule has 0 aliphatic rings. The highest BCUT2D eigenvalue weighted by Crippen LogP contribution is 2.21. The molecular formula is C11H13ClO2S. The molecule has 1 aromatic rings. The maximum atomic E-state index is 10.9. The van der Waals surface area contributed by atoms with Gasteiger partial charge in [-0.3, -0.25) is 4.79 Å². The summed E-state index contributed by atoms with van der Waals surface area (Å²) in [6.45, 7) is 0. The van der Waals surface area contributed by atoms with E-state index in [1.807, 2.05) is 30.3 Å². The molecule has 82 valence electrons. The fraction of sp³-hybridized carbons (Fsp3) is 0.364. The predicted molar refractivity (Wildman–Crippen MR) is 63.4 cm³/mol. The van der Waals surface area contributed by atoms with Crippen molar-refractivity contribution in [3.8, 4) is 0 Å². The van der Waals surface area contributed by atoms with Gasteiger partial charge in [0.05, 0.1) is 18.9 Å². The van der Waals surface area contributed by atoms with Crippen molar-refractivity contribution in [3.05, 3.63) is 30.3 Å². The van der Waals surface area contributed by atoms with Crippen LogP contribution in [0.4, 0.5) is 0 Å². The molecule has 0 spiro atoms. The van der Waals surface area contributed by atoms with Crippen LogP contribution in [0.3, 0.4) is 0 Å². The summed E-state index contributed by atoms with van der Waals surface area (Å²) in [6.07, 6.45) is 0.262. The molecule has 0 bridgehead atoms. The smallest absolute Gasteiger partial charge is 0.307 e. The van der Waals surface area contributed by atoms with E-state index in [1.54, 1.807) is 11.8 Å². The van der Waals surface area contributed by atoms with E-state index in [2.05, 4.69) is 4.74 Å². The third-order valence-corrected chi connectivity index (χ3v) is 3.46. The van der Waals surface area contributed by atoms with Crippen molar-refractivity contribution in [1.82, 2.24) is 0 Å². The average Bonchev–Trinajstić information content (AvgIpc) is 2.27. The van der Waals surface area contributed by atoms with Crippen LogP contribution in [0.15, 0.2) is 35.2 Å². The van der Waals surface area contributed by atoms with Crippen molar-refractivity contribution in [2.45, 2.75) is 16.7 Å². The maximum absolute atomic E-state index is 10.9. The molecule has 0 saturated heterocycles. The predicted octanol–water partition coefficient (Wildman–Crippen LogP) is 2.95. The number of alkyl halides is 1. The van der Waals surface area contributed by atoms with Gasteiger partial charge >= 0.3 is 5.97 Å². The highest BCUT2D eigenvalue weighted by molar-refractivity contribution is 7.99. The average molecular weight is 245 g/mol. The summed E-state index contributed by atoms with van der Waals surface area (Å²) >= 11 is 7.62. The summed E-state index contributed by atoms with van der Waals surface area (Å²) in [5.41, 5.74) is 0. The summed E-state index contributed by atoms with van der Waals surface area (Å²) in [6, 6.07) is 9.97. The lowest BCUT2D eigenvalue weighted by Crippen LogP contribution is -2.11. The zero-order chi connectivity index (χ0) is 11.1. The third-order valence-electron chi connectivity index (χ3n) is 1.79. The molecule has 1 unspecified atom stereocenters. The molecule has 1 aromatic carbocycles. The van der Waals surface area contributed by atoms with Gasteiger partial charge in [-0.05, 0) is 12.1 Å². The number of hydrogen-bond acceptors (Lipinski definition) is 3. The molecule has 2 nitrogen and oxygen atoms in total. The highest BCUT2D eigenvalue weighted by atomic mass is 35.5. The van der Waals surface area contributed by atoms with Crippen LogP contribution in [0.2, 0.25) is 0 Å². The van der Waals surface area contributed by atoms with E-state index in [-0.39, 0.29) is 17.8 Å². The SMILES string of the molecule is COC(=O)CC(Cl)CSc1ccccc1. The van der Waals surface area contributed by atoms with Gasteiger partial charge < -0.3 is 4.74 Å². The van der Waals surface area contributed by atoms with E-state index in [1.165, 1.54) is 7.11 Å². The minimum absolute atomic E-state index is 0.178. The quantitative estimate of drug-likeness (QED) is 0.453. The Balaban J connectivity index is 2.28. The molecule has 0 fully saturated rings. The first kappa shape index (κ1) is 12.4. The first-order chi connectivity index (χ1) is 7.22. The van der Waals surface area contributed by atoms with E-state index in [4.69, 9.17) is 11.6 Å². The monoisotopic (exact) mass is 244 g/mol. The van der Waals surface area contributed by atoms with Gasteiger partial charge in [-0.15, -0.1) is 23.4 Å². The molecule has 0 radical (unpaired) electrons. The van der Waals surface area contributed by atoms with E-state index < -0.39 is 0 Å². The van der Waals surface area contributed by atoms with Crippen LogP contribution < -0.4 is 0 Å². The molecule has 0 aliphatic heterocycles. The van der Waals surface area contributed by atoms with Gasteiger partial charge in [0.15, 0.2) is 0 Å². The van der Waals surface area contributed by atoms with Gasteiger partial charge in [-0.2, -0.15) is 0 Å². The largest absolute Gasteiger partial charge is 0.469 e. The zero-order valence-electron chi connectivity index (χ0n) is 8.48. The van der Waals surface area contributed by atoms with Gasteiger partial charge in [-0.25, -0.2) is 0 Å². The zero-order valence-corrected chi connectivity index (χ0v) is 10.1. The number of hydrogen-bond donors (Lipinski definition) is 0. The Morgan fingerprint density at radius 2 is 2.13 bits per heavy atom. The standard InChI is InChI=1S/C11H13ClO2S/c1-14-11(13)7-9(12)8-15-10-5-3-2-4-6-10/h2-6,9H,7-8H2,1H3. The van der Waals surface area contributed by atoms with E-state index >= 15 is 0 Å². The summed E-state index contributed by atoms with van der Waals surface area (Å²) in [5.74, 6) is 0.448. The van der Waals surface area contributed by atoms with Crippen molar-refractivity contribution in [2.24, 2.45) is 0 Å². The fourth-order valence-electron chi connectivity index (χ4n) is 1.03. The molecule has 4 heteroatoms. The number of thioether (sulfide) groups is 1. The van der Waals surface area contributed by atoms with Gasteiger partial charge in [-0.1, -0.05) is 18.2 Å². The second kappa shape index (κ2) is 6.75. The first-order valence-corrected chi connectivity index (χ1v) is 6.03. The number of esters is 1. The van der Waals surface area contributed by atoms with Crippen LogP contribution in [0.25, 0.3) is 0 Å². The lowest BCUT2D eigenvalue weighted by molar-refractivity contribution is -0.140. The van der Waals surface area contributed by atoms with Crippen LogP contribution in [0, 0.1) is 0 Å². The number of halogens is 1. The van der Waals surface area contributed by atoms with Crippen LogP contribution in [0.1, 0.15) is 6.42 Å². The molecular weight excluding hydrogens is 232 g/mol. The topological polar surface area (TPSA) is 26.3 Å². The van der Waals surface area contributed by atoms with Crippen molar-refractivity contribution >= 4 is 29.3 Å². The number of ether oxygens (including phenoxy) is 1. The molecule has 1 rings (SSSR count). The van der Waals surface area contributed by atoms with E-state index in [0.29, 0.717) is 5.75 Å². The molecule has 15 heavy (non-hydrogen) atoms. The van der Waals surface area contributed by atoms with E-state index in [9.17, 15) is 4.79 Å². The third kappa shape index (κ3) is 5.09. The fourth-order valence-corrected chi connectivity index (χ4v) is 2.18. The van der Waals surface area contributed by atoms with Crippen LogP contribution in [-0.4, -0.2) is 24.2 Å². The van der Waals surface area contributed by atoms with Crippen molar-refractivity contribution < 1.29 is 9.53 Å².